The van der Waals surface area contributed by atoms with E-state index in [2.05, 4.69) is 0 Å². The van der Waals surface area contributed by atoms with E-state index in [1.165, 1.54) is 6.26 Å². The van der Waals surface area contributed by atoms with E-state index in [1.54, 1.807) is 0 Å². The topological polar surface area (TPSA) is 43.5 Å². The lowest BCUT2D eigenvalue weighted by atomic mass is 10.2. The predicted molar refractivity (Wildman–Crippen MR) is 67.0 cm³/mol. The number of aromatic nitrogens is 2. The quantitative estimate of drug-likeness (QED) is 0.659. The molecule has 0 aliphatic heterocycles. The van der Waals surface area contributed by atoms with Gasteiger partial charge in [-0.2, -0.15) is 0 Å². The van der Waals surface area contributed by atoms with E-state index in [0.29, 0.717) is 4.90 Å². The van der Waals surface area contributed by atoms with Crippen LogP contribution in [0.4, 0.5) is 0 Å². The van der Waals surface area contributed by atoms with Crippen molar-refractivity contribution in [3.8, 4) is 0 Å². The Morgan fingerprint density at radius 1 is 1.06 bits per heavy atom. The predicted octanol–water partition coefficient (Wildman–Crippen LogP) is 1.83. The SMILES string of the molecule is Cn1ccc2c(S(C)(=O)=O)c3ccccc3n21. The van der Waals surface area contributed by atoms with Crippen molar-refractivity contribution < 1.29 is 8.42 Å². The van der Waals surface area contributed by atoms with Gasteiger partial charge < -0.3 is 0 Å². The summed E-state index contributed by atoms with van der Waals surface area (Å²) in [6.45, 7) is 0. The molecule has 1 aromatic carbocycles. The molecule has 88 valence electrons. The number of aryl methyl sites for hydroxylation is 1. The smallest absolute Gasteiger partial charge is 0.178 e. The summed E-state index contributed by atoms with van der Waals surface area (Å²) in [6.07, 6.45) is 3.11. The molecule has 0 saturated carbocycles. The first kappa shape index (κ1) is 10.4. The van der Waals surface area contributed by atoms with Gasteiger partial charge in [-0.3, -0.25) is 9.20 Å². The fourth-order valence-electron chi connectivity index (χ4n) is 2.34. The Labute approximate surface area is 99.0 Å². The first-order valence-electron chi connectivity index (χ1n) is 5.25. The molecule has 0 spiro atoms. The van der Waals surface area contributed by atoms with Crippen LogP contribution in [0.3, 0.4) is 0 Å². The highest BCUT2D eigenvalue weighted by Crippen LogP contribution is 2.30. The van der Waals surface area contributed by atoms with Gasteiger partial charge in [0.25, 0.3) is 0 Å². The van der Waals surface area contributed by atoms with Gasteiger partial charge in [0.15, 0.2) is 9.84 Å². The van der Waals surface area contributed by atoms with Crippen LogP contribution in [0.2, 0.25) is 0 Å². The van der Waals surface area contributed by atoms with Crippen LogP contribution in [-0.4, -0.2) is 23.9 Å². The van der Waals surface area contributed by atoms with E-state index >= 15 is 0 Å². The summed E-state index contributed by atoms with van der Waals surface area (Å²) in [5, 5.41) is 0.779. The molecule has 2 heterocycles. The first-order chi connectivity index (χ1) is 8.00. The molecule has 0 N–H and O–H groups in total. The highest BCUT2D eigenvalue weighted by atomic mass is 32.2. The Morgan fingerprint density at radius 3 is 2.47 bits per heavy atom. The molecule has 0 aliphatic carbocycles. The van der Waals surface area contributed by atoms with Crippen molar-refractivity contribution in [2.75, 3.05) is 6.26 Å². The Hall–Kier alpha value is -1.75. The first-order valence-corrected chi connectivity index (χ1v) is 7.14. The number of benzene rings is 1. The Morgan fingerprint density at radius 2 is 1.76 bits per heavy atom. The number of sulfone groups is 1. The molecule has 3 aromatic rings. The number of para-hydroxylation sites is 1. The number of rotatable bonds is 1. The second kappa shape index (κ2) is 3.13. The number of nitrogens with zero attached hydrogens (tertiary/aromatic N) is 2. The zero-order chi connectivity index (χ0) is 12.2. The van der Waals surface area contributed by atoms with Crippen LogP contribution in [0.15, 0.2) is 41.4 Å². The molecule has 2 aromatic heterocycles. The number of hydrogen-bond acceptors (Lipinski definition) is 2. The Balaban J connectivity index is 2.70. The summed E-state index contributed by atoms with van der Waals surface area (Å²) >= 11 is 0. The monoisotopic (exact) mass is 248 g/mol. The van der Waals surface area contributed by atoms with Gasteiger partial charge in [0.2, 0.25) is 0 Å². The van der Waals surface area contributed by atoms with Crippen molar-refractivity contribution in [1.82, 2.24) is 9.20 Å². The molecule has 0 amide bonds. The van der Waals surface area contributed by atoms with Crippen molar-refractivity contribution in [3.63, 3.8) is 0 Å². The maximum Gasteiger partial charge on any atom is 0.178 e. The maximum absolute atomic E-state index is 11.9. The number of hydrogen-bond donors (Lipinski definition) is 0. The van der Waals surface area contributed by atoms with Crippen LogP contribution in [0.5, 0.6) is 0 Å². The third-order valence-corrected chi connectivity index (χ3v) is 4.14. The van der Waals surface area contributed by atoms with E-state index in [0.717, 1.165) is 16.4 Å². The Bertz CT molecular complexity index is 825. The highest BCUT2D eigenvalue weighted by molar-refractivity contribution is 7.91. The molecule has 0 aliphatic rings. The largest absolute Gasteiger partial charge is 0.291 e. The van der Waals surface area contributed by atoms with Gasteiger partial charge in [-0.1, -0.05) is 18.2 Å². The third kappa shape index (κ3) is 1.32. The van der Waals surface area contributed by atoms with E-state index in [-0.39, 0.29) is 0 Å². The lowest BCUT2D eigenvalue weighted by Crippen LogP contribution is -1.97. The van der Waals surface area contributed by atoms with Crippen molar-refractivity contribution >= 4 is 26.3 Å². The summed E-state index contributed by atoms with van der Waals surface area (Å²) in [5.74, 6) is 0. The molecule has 0 saturated heterocycles. The molecule has 17 heavy (non-hydrogen) atoms. The summed E-state index contributed by atoms with van der Waals surface area (Å²) in [6, 6.07) is 9.37. The average Bonchev–Trinajstić information content (AvgIpc) is 2.75. The summed E-state index contributed by atoms with van der Waals surface area (Å²) < 4.78 is 27.6. The van der Waals surface area contributed by atoms with E-state index in [4.69, 9.17) is 0 Å². The van der Waals surface area contributed by atoms with Gasteiger partial charge in [-0.25, -0.2) is 8.42 Å². The molecule has 0 unspecified atom stereocenters. The lowest BCUT2D eigenvalue weighted by Gasteiger charge is -1.97. The molecule has 0 atom stereocenters. The van der Waals surface area contributed by atoms with Gasteiger partial charge in [0.1, 0.15) is 4.90 Å². The minimum Gasteiger partial charge on any atom is -0.291 e. The molecule has 4 nitrogen and oxygen atoms in total. The second-order valence-corrected chi connectivity index (χ2v) is 6.16. The molecule has 5 heteroatoms. The average molecular weight is 248 g/mol. The highest BCUT2D eigenvalue weighted by Gasteiger charge is 2.20. The van der Waals surface area contributed by atoms with Gasteiger partial charge >= 0.3 is 0 Å². The van der Waals surface area contributed by atoms with Gasteiger partial charge in [-0.15, -0.1) is 0 Å². The zero-order valence-electron chi connectivity index (χ0n) is 9.58. The standard InChI is InChI=1S/C12H12N2O2S/c1-13-8-7-11-12(17(2,15)16)9-5-3-4-6-10(9)14(11)13/h3-8H,1-2H3. The second-order valence-electron chi connectivity index (χ2n) is 4.20. The van der Waals surface area contributed by atoms with E-state index in [1.807, 2.05) is 52.8 Å². The molecular weight excluding hydrogens is 236 g/mol. The van der Waals surface area contributed by atoms with Gasteiger partial charge in [0.05, 0.1) is 11.0 Å². The zero-order valence-corrected chi connectivity index (χ0v) is 10.4. The molecule has 0 radical (unpaired) electrons. The van der Waals surface area contributed by atoms with E-state index < -0.39 is 9.84 Å². The van der Waals surface area contributed by atoms with Crippen LogP contribution >= 0.6 is 0 Å². The van der Waals surface area contributed by atoms with Crippen LogP contribution < -0.4 is 0 Å². The van der Waals surface area contributed by atoms with Gasteiger partial charge in [0, 0.05) is 24.9 Å². The fraction of sp³-hybridized carbons (Fsp3) is 0.167. The van der Waals surface area contributed by atoms with Crippen LogP contribution in [-0.2, 0) is 16.9 Å². The fourth-order valence-corrected chi connectivity index (χ4v) is 3.44. The van der Waals surface area contributed by atoms with Crippen molar-refractivity contribution in [2.24, 2.45) is 7.05 Å². The summed E-state index contributed by atoms with van der Waals surface area (Å²) in [4.78, 5) is 0.411. The molecular formula is C12H12N2O2S. The molecule has 3 rings (SSSR count). The van der Waals surface area contributed by atoms with Crippen LogP contribution in [0.25, 0.3) is 16.4 Å². The van der Waals surface area contributed by atoms with Crippen LogP contribution in [0.1, 0.15) is 0 Å². The normalized spacial score (nSPS) is 12.6. The summed E-state index contributed by atoms with van der Waals surface area (Å²) in [5.41, 5.74) is 1.65. The Kier molecular flexibility index (Phi) is 1.92. The summed E-state index contributed by atoms with van der Waals surface area (Å²) in [7, 11) is -1.34. The van der Waals surface area contributed by atoms with Crippen molar-refractivity contribution in [2.45, 2.75) is 4.90 Å². The minimum absolute atomic E-state index is 0.411. The number of fused-ring (bicyclic) bond motifs is 3. The van der Waals surface area contributed by atoms with Crippen molar-refractivity contribution in [3.05, 3.63) is 36.5 Å². The van der Waals surface area contributed by atoms with E-state index in [9.17, 15) is 8.42 Å². The molecule has 0 bridgehead atoms. The van der Waals surface area contributed by atoms with Crippen molar-refractivity contribution in [1.29, 1.82) is 0 Å². The minimum atomic E-state index is -3.23. The maximum atomic E-state index is 11.9. The van der Waals surface area contributed by atoms with Crippen LogP contribution in [0, 0.1) is 0 Å². The molecule has 0 fully saturated rings. The lowest BCUT2D eigenvalue weighted by molar-refractivity contribution is 0.603. The third-order valence-electron chi connectivity index (χ3n) is 2.97. The van der Waals surface area contributed by atoms with Gasteiger partial charge in [-0.05, 0) is 12.1 Å².